The van der Waals surface area contributed by atoms with Crippen LogP contribution in [-0.2, 0) is 19.1 Å². The number of methoxy groups -OCH3 is 2. The van der Waals surface area contributed by atoms with Gasteiger partial charge in [-0.2, -0.15) is 5.26 Å². The highest BCUT2D eigenvalue weighted by Crippen LogP contribution is 2.48. The van der Waals surface area contributed by atoms with Crippen LogP contribution in [0.1, 0.15) is 48.5 Å². The molecule has 10 heteroatoms. The molecule has 1 amide bonds. The van der Waals surface area contributed by atoms with Crippen LogP contribution in [-0.4, -0.2) is 38.5 Å². The minimum absolute atomic E-state index is 0.0256. The van der Waals surface area contributed by atoms with Crippen molar-refractivity contribution >= 4 is 23.3 Å². The molecule has 4 rings (SSSR count). The van der Waals surface area contributed by atoms with Crippen LogP contribution in [0.3, 0.4) is 0 Å². The topological polar surface area (TPSA) is 150 Å². The number of rotatable bonds is 7. The van der Waals surface area contributed by atoms with Crippen molar-refractivity contribution in [3.8, 4) is 17.6 Å². The summed E-state index contributed by atoms with van der Waals surface area (Å²) >= 11 is 0. The van der Waals surface area contributed by atoms with Gasteiger partial charge in [0, 0.05) is 24.1 Å². The van der Waals surface area contributed by atoms with Crippen molar-refractivity contribution in [2.45, 2.75) is 32.6 Å². The van der Waals surface area contributed by atoms with Gasteiger partial charge >= 0.3 is 5.97 Å². The molecule has 2 aromatic rings. The van der Waals surface area contributed by atoms with E-state index in [-0.39, 0.29) is 29.3 Å². The number of ketones is 1. The lowest BCUT2D eigenvalue weighted by molar-refractivity contribution is -0.119. The Labute approximate surface area is 226 Å². The zero-order valence-electron chi connectivity index (χ0n) is 22.1. The number of amides is 1. The largest absolute Gasteiger partial charge is 0.493 e. The van der Waals surface area contributed by atoms with E-state index < -0.39 is 17.8 Å². The number of hydrogen-bond donors (Lipinski definition) is 2. The molecule has 1 atom stereocenters. The third kappa shape index (κ3) is 5.72. The van der Waals surface area contributed by atoms with Gasteiger partial charge in [0.1, 0.15) is 17.4 Å². The number of Topliss-reactive ketones (excluding diaryl/α,β-unsaturated/α-hetero) is 1. The van der Waals surface area contributed by atoms with Crippen molar-refractivity contribution in [2.24, 2.45) is 11.1 Å². The molecule has 2 aliphatic rings. The van der Waals surface area contributed by atoms with E-state index in [1.807, 2.05) is 13.8 Å². The first kappa shape index (κ1) is 27.3. The summed E-state index contributed by atoms with van der Waals surface area (Å²) in [6, 6.07) is 13.3. The zero-order chi connectivity index (χ0) is 28.3. The normalized spacial score (nSPS) is 17.9. The molecule has 1 heterocycles. The smallest absolute Gasteiger partial charge is 0.337 e. The summed E-state index contributed by atoms with van der Waals surface area (Å²) in [5.41, 5.74) is 7.84. The number of carbonyl (C=O) groups is 3. The summed E-state index contributed by atoms with van der Waals surface area (Å²) in [6.07, 6.45) is 0.839. The van der Waals surface area contributed by atoms with Gasteiger partial charge in [0.2, 0.25) is 5.88 Å². The quantitative estimate of drug-likeness (QED) is 0.506. The molecule has 0 bridgehead atoms. The van der Waals surface area contributed by atoms with Gasteiger partial charge < -0.3 is 30.0 Å². The molecule has 3 N–H and O–H groups in total. The van der Waals surface area contributed by atoms with Gasteiger partial charge in [-0.1, -0.05) is 19.9 Å². The third-order valence-electron chi connectivity index (χ3n) is 6.54. The number of nitrogens with two attached hydrogens (primary N) is 1. The zero-order valence-corrected chi connectivity index (χ0v) is 22.1. The van der Waals surface area contributed by atoms with E-state index in [0.29, 0.717) is 52.5 Å². The maximum absolute atomic E-state index is 13.2. The Morgan fingerprint density at radius 2 is 1.85 bits per heavy atom. The Morgan fingerprint density at radius 3 is 2.49 bits per heavy atom. The number of esters is 1. The lowest BCUT2D eigenvalue weighted by Crippen LogP contribution is -2.33. The van der Waals surface area contributed by atoms with Gasteiger partial charge in [-0.15, -0.1) is 0 Å². The van der Waals surface area contributed by atoms with Crippen LogP contribution in [0.4, 0.5) is 5.69 Å². The SMILES string of the molecule is COC(=O)c1ccc(NC(=O)COc2ccc([C@@H]3C(C#N)=C(N)OC4=C3C(=O)CC(C)(C)C4)cc2OC)cc1. The molecular weight excluding hydrogens is 502 g/mol. The van der Waals surface area contributed by atoms with Gasteiger partial charge in [0.25, 0.3) is 5.91 Å². The van der Waals surface area contributed by atoms with Crippen LogP contribution < -0.4 is 20.5 Å². The van der Waals surface area contributed by atoms with Crippen molar-refractivity contribution in [2.75, 3.05) is 26.1 Å². The summed E-state index contributed by atoms with van der Waals surface area (Å²) in [7, 11) is 2.74. The number of ether oxygens (including phenoxy) is 4. The lowest BCUT2D eigenvalue weighted by atomic mass is 9.70. The van der Waals surface area contributed by atoms with E-state index in [4.69, 9.17) is 19.9 Å². The molecule has 1 aliphatic heterocycles. The number of allylic oxidation sites excluding steroid dienone is 3. The Hall–Kier alpha value is -4.78. The highest BCUT2D eigenvalue weighted by molar-refractivity contribution is 6.00. The van der Waals surface area contributed by atoms with Gasteiger partial charge in [-0.3, -0.25) is 9.59 Å². The predicted octanol–water partition coefficient (Wildman–Crippen LogP) is 3.95. The molecule has 2 aromatic carbocycles. The van der Waals surface area contributed by atoms with Crippen molar-refractivity contribution in [1.29, 1.82) is 5.26 Å². The van der Waals surface area contributed by atoms with Crippen LogP contribution >= 0.6 is 0 Å². The van der Waals surface area contributed by atoms with Gasteiger partial charge in [0.15, 0.2) is 23.9 Å². The van der Waals surface area contributed by atoms with E-state index in [0.717, 1.165) is 0 Å². The van der Waals surface area contributed by atoms with E-state index in [1.165, 1.54) is 26.4 Å². The summed E-state index contributed by atoms with van der Waals surface area (Å²) in [5.74, 6) is -0.638. The predicted molar refractivity (Wildman–Crippen MR) is 141 cm³/mol. The third-order valence-corrected chi connectivity index (χ3v) is 6.54. The Bertz CT molecular complexity index is 1430. The molecule has 39 heavy (non-hydrogen) atoms. The maximum atomic E-state index is 13.2. The molecule has 202 valence electrons. The van der Waals surface area contributed by atoms with E-state index in [9.17, 15) is 19.6 Å². The van der Waals surface area contributed by atoms with Crippen molar-refractivity contribution in [1.82, 2.24) is 0 Å². The average molecular weight is 532 g/mol. The number of anilines is 1. The molecule has 0 radical (unpaired) electrons. The number of nitriles is 1. The Morgan fingerprint density at radius 1 is 1.13 bits per heavy atom. The summed E-state index contributed by atoms with van der Waals surface area (Å²) in [4.78, 5) is 37.2. The van der Waals surface area contributed by atoms with Gasteiger partial charge in [-0.25, -0.2) is 4.79 Å². The van der Waals surface area contributed by atoms with E-state index in [1.54, 1.807) is 30.3 Å². The van der Waals surface area contributed by atoms with Crippen LogP contribution in [0.25, 0.3) is 0 Å². The molecule has 10 nitrogen and oxygen atoms in total. The fraction of sp³-hybridized carbons (Fsp3) is 0.310. The average Bonchev–Trinajstić information content (AvgIpc) is 2.90. The highest BCUT2D eigenvalue weighted by Gasteiger charge is 2.43. The second-order valence-electron chi connectivity index (χ2n) is 10.0. The number of hydrogen-bond acceptors (Lipinski definition) is 9. The lowest BCUT2D eigenvalue weighted by Gasteiger charge is -2.37. The fourth-order valence-electron chi connectivity index (χ4n) is 4.75. The fourth-order valence-corrected chi connectivity index (χ4v) is 4.75. The molecule has 1 aliphatic carbocycles. The minimum Gasteiger partial charge on any atom is -0.493 e. The molecule has 0 aromatic heterocycles. The van der Waals surface area contributed by atoms with Crippen molar-refractivity contribution < 1.29 is 33.3 Å². The second kappa shape index (κ2) is 10.9. The second-order valence-corrected chi connectivity index (χ2v) is 10.0. The molecule has 0 saturated carbocycles. The molecule has 0 fully saturated rings. The monoisotopic (exact) mass is 531 g/mol. The van der Waals surface area contributed by atoms with Crippen LogP contribution in [0.5, 0.6) is 11.5 Å². The first-order valence-corrected chi connectivity index (χ1v) is 12.2. The number of nitrogens with zero attached hydrogens (tertiary/aromatic N) is 1. The summed E-state index contributed by atoms with van der Waals surface area (Å²) < 4.78 is 21.6. The van der Waals surface area contributed by atoms with Crippen molar-refractivity contribution in [3.05, 3.63) is 76.4 Å². The summed E-state index contributed by atoms with van der Waals surface area (Å²) in [5, 5.41) is 12.5. The van der Waals surface area contributed by atoms with Crippen LogP contribution in [0, 0.1) is 16.7 Å². The highest BCUT2D eigenvalue weighted by atomic mass is 16.5. The standard InChI is InChI=1S/C29H29N3O7/c1-29(2)12-20(33)26-23(13-29)39-27(31)19(14-30)25(26)17-7-10-21(22(11-17)36-3)38-15-24(34)32-18-8-5-16(6-9-18)28(35)37-4/h5-11,25H,12-13,15,31H2,1-4H3,(H,32,34)/t25-/m1/s1. The Kier molecular flexibility index (Phi) is 7.63. The maximum Gasteiger partial charge on any atom is 0.337 e. The Balaban J connectivity index is 1.53. The molecule has 0 unspecified atom stereocenters. The van der Waals surface area contributed by atoms with Crippen LogP contribution in [0.2, 0.25) is 0 Å². The van der Waals surface area contributed by atoms with Gasteiger partial charge in [-0.05, 0) is 47.4 Å². The number of carbonyl (C=O) groups excluding carboxylic acids is 3. The molecule has 0 spiro atoms. The first-order chi connectivity index (χ1) is 18.6. The van der Waals surface area contributed by atoms with Crippen LogP contribution in [0.15, 0.2) is 65.3 Å². The van der Waals surface area contributed by atoms with Crippen molar-refractivity contribution in [3.63, 3.8) is 0 Å². The number of benzene rings is 2. The van der Waals surface area contributed by atoms with E-state index >= 15 is 0 Å². The molecular formula is C29H29N3O7. The van der Waals surface area contributed by atoms with E-state index in [2.05, 4.69) is 16.1 Å². The minimum atomic E-state index is -0.707. The molecule has 0 saturated heterocycles. The number of nitrogens with one attached hydrogen (secondary N) is 1. The van der Waals surface area contributed by atoms with Gasteiger partial charge in [0.05, 0.1) is 25.7 Å². The summed E-state index contributed by atoms with van der Waals surface area (Å²) in [6.45, 7) is 3.65. The first-order valence-electron chi connectivity index (χ1n) is 12.2.